The zero-order chi connectivity index (χ0) is 10.8. The van der Waals surface area contributed by atoms with Gasteiger partial charge < -0.3 is 10.7 Å². The lowest BCUT2D eigenvalue weighted by Crippen LogP contribution is -2.04. The predicted octanol–water partition coefficient (Wildman–Crippen LogP) is 1.97. The second-order valence-electron chi connectivity index (χ2n) is 3.48. The van der Waals surface area contributed by atoms with Crippen molar-refractivity contribution in [2.45, 2.75) is 6.92 Å². The summed E-state index contributed by atoms with van der Waals surface area (Å²) in [6.07, 6.45) is 4.97. The van der Waals surface area contributed by atoms with Crippen molar-refractivity contribution in [1.82, 2.24) is 4.98 Å². The molecule has 1 heterocycles. The van der Waals surface area contributed by atoms with Gasteiger partial charge >= 0.3 is 0 Å². The van der Waals surface area contributed by atoms with E-state index in [1.54, 1.807) is 6.08 Å². The highest BCUT2D eigenvalue weighted by Crippen LogP contribution is 2.22. The van der Waals surface area contributed by atoms with E-state index in [2.05, 4.69) is 4.98 Å². The molecule has 0 fully saturated rings. The summed E-state index contributed by atoms with van der Waals surface area (Å²) in [5.74, 6) is -0.432. The summed E-state index contributed by atoms with van der Waals surface area (Å²) < 4.78 is 0. The standard InChI is InChI=1S/C12H12N2O/c1-8-3-2-4-10-12(8)9(7-14-10)5-6-11(13)15/h2-7,14H,1H3,(H2,13,15)/b6-5-. The van der Waals surface area contributed by atoms with Gasteiger partial charge in [0.1, 0.15) is 0 Å². The fourth-order valence-corrected chi connectivity index (χ4v) is 1.70. The van der Waals surface area contributed by atoms with E-state index in [-0.39, 0.29) is 0 Å². The van der Waals surface area contributed by atoms with Gasteiger partial charge in [-0.3, -0.25) is 4.79 Å². The van der Waals surface area contributed by atoms with Crippen molar-refractivity contribution in [3.63, 3.8) is 0 Å². The van der Waals surface area contributed by atoms with E-state index in [1.165, 1.54) is 11.6 Å². The quantitative estimate of drug-likeness (QED) is 0.715. The van der Waals surface area contributed by atoms with Crippen LogP contribution in [0, 0.1) is 6.92 Å². The number of aromatic nitrogens is 1. The number of nitrogens with two attached hydrogens (primary N) is 1. The number of benzene rings is 1. The van der Waals surface area contributed by atoms with Crippen molar-refractivity contribution in [1.29, 1.82) is 0 Å². The van der Waals surface area contributed by atoms with Crippen LogP contribution < -0.4 is 5.73 Å². The van der Waals surface area contributed by atoms with Gasteiger partial charge in [-0.2, -0.15) is 0 Å². The summed E-state index contributed by atoms with van der Waals surface area (Å²) in [4.78, 5) is 13.8. The predicted molar refractivity (Wildman–Crippen MR) is 61.3 cm³/mol. The van der Waals surface area contributed by atoms with Crippen LogP contribution in [0.3, 0.4) is 0 Å². The molecule has 0 radical (unpaired) electrons. The third kappa shape index (κ3) is 1.76. The summed E-state index contributed by atoms with van der Waals surface area (Å²) in [6.45, 7) is 2.04. The number of carbonyl (C=O) groups excluding carboxylic acids is 1. The number of carbonyl (C=O) groups is 1. The molecule has 0 atom stereocenters. The minimum absolute atomic E-state index is 0.432. The third-order valence-electron chi connectivity index (χ3n) is 2.37. The molecule has 0 aliphatic carbocycles. The number of nitrogens with one attached hydrogen (secondary N) is 1. The molecule has 2 rings (SSSR count). The fraction of sp³-hybridized carbons (Fsp3) is 0.0833. The highest BCUT2D eigenvalue weighted by molar-refractivity contribution is 5.96. The van der Waals surface area contributed by atoms with Gasteiger partial charge in [-0.15, -0.1) is 0 Å². The number of H-pyrrole nitrogens is 1. The summed E-state index contributed by atoms with van der Waals surface area (Å²) in [6, 6.07) is 6.04. The van der Waals surface area contributed by atoms with Gasteiger partial charge in [-0.1, -0.05) is 12.1 Å². The molecule has 0 saturated heterocycles. The van der Waals surface area contributed by atoms with Gasteiger partial charge in [-0.25, -0.2) is 0 Å². The molecule has 3 nitrogen and oxygen atoms in total. The molecule has 0 aliphatic rings. The monoisotopic (exact) mass is 200 g/mol. The minimum atomic E-state index is -0.432. The molecule has 1 amide bonds. The molecular formula is C12H12N2O. The maximum atomic E-state index is 10.6. The Morgan fingerprint density at radius 1 is 1.47 bits per heavy atom. The second kappa shape index (κ2) is 3.61. The number of hydrogen-bond donors (Lipinski definition) is 2. The number of aromatic amines is 1. The first-order valence-corrected chi connectivity index (χ1v) is 4.72. The fourth-order valence-electron chi connectivity index (χ4n) is 1.70. The number of primary amides is 1. The third-order valence-corrected chi connectivity index (χ3v) is 2.37. The first-order chi connectivity index (χ1) is 7.18. The van der Waals surface area contributed by atoms with Crippen LogP contribution in [0.1, 0.15) is 11.1 Å². The van der Waals surface area contributed by atoms with E-state index in [1.807, 2.05) is 31.3 Å². The maximum Gasteiger partial charge on any atom is 0.241 e. The van der Waals surface area contributed by atoms with Crippen molar-refractivity contribution in [3.05, 3.63) is 41.6 Å². The average molecular weight is 200 g/mol. The Labute approximate surface area is 87.6 Å². The lowest BCUT2D eigenvalue weighted by molar-refractivity contribution is -0.113. The molecule has 1 aromatic heterocycles. The first kappa shape index (κ1) is 9.52. The van der Waals surface area contributed by atoms with Gasteiger partial charge in [0, 0.05) is 28.7 Å². The second-order valence-corrected chi connectivity index (χ2v) is 3.48. The van der Waals surface area contributed by atoms with Crippen molar-refractivity contribution in [3.8, 4) is 0 Å². The minimum Gasteiger partial charge on any atom is -0.366 e. The topological polar surface area (TPSA) is 58.9 Å². The first-order valence-electron chi connectivity index (χ1n) is 4.72. The van der Waals surface area contributed by atoms with Crippen molar-refractivity contribution >= 4 is 22.9 Å². The number of amides is 1. The summed E-state index contributed by atoms with van der Waals surface area (Å²) in [5.41, 5.74) is 8.29. The van der Waals surface area contributed by atoms with Crippen LogP contribution >= 0.6 is 0 Å². The van der Waals surface area contributed by atoms with E-state index < -0.39 is 5.91 Å². The van der Waals surface area contributed by atoms with Crippen LogP contribution in [0.15, 0.2) is 30.5 Å². The SMILES string of the molecule is Cc1cccc2[nH]cc(/C=C\C(N)=O)c12. The van der Waals surface area contributed by atoms with E-state index in [4.69, 9.17) is 5.73 Å². The molecule has 1 aromatic carbocycles. The Kier molecular flexibility index (Phi) is 2.29. The molecular weight excluding hydrogens is 188 g/mol. The Morgan fingerprint density at radius 3 is 3.00 bits per heavy atom. The van der Waals surface area contributed by atoms with Crippen LogP contribution in [0.25, 0.3) is 17.0 Å². The van der Waals surface area contributed by atoms with Gasteiger partial charge in [0.15, 0.2) is 0 Å². The number of rotatable bonds is 2. The lowest BCUT2D eigenvalue weighted by Gasteiger charge is -1.96. The Morgan fingerprint density at radius 2 is 2.27 bits per heavy atom. The van der Waals surface area contributed by atoms with Crippen LogP contribution in [0.2, 0.25) is 0 Å². The molecule has 0 bridgehead atoms. The number of fused-ring (bicyclic) bond motifs is 1. The van der Waals surface area contributed by atoms with Crippen LogP contribution in [0.4, 0.5) is 0 Å². The Bertz CT molecular complexity index is 538. The maximum absolute atomic E-state index is 10.6. The van der Waals surface area contributed by atoms with E-state index in [9.17, 15) is 4.79 Å². The molecule has 0 saturated carbocycles. The zero-order valence-electron chi connectivity index (χ0n) is 8.45. The molecule has 0 aliphatic heterocycles. The van der Waals surface area contributed by atoms with E-state index >= 15 is 0 Å². The molecule has 3 heteroatoms. The van der Waals surface area contributed by atoms with Gasteiger partial charge in [0.05, 0.1) is 0 Å². The molecule has 0 unspecified atom stereocenters. The summed E-state index contributed by atoms with van der Waals surface area (Å²) in [5, 5.41) is 1.13. The molecule has 15 heavy (non-hydrogen) atoms. The van der Waals surface area contributed by atoms with Crippen LogP contribution in [0.5, 0.6) is 0 Å². The van der Waals surface area contributed by atoms with Crippen LogP contribution in [-0.4, -0.2) is 10.9 Å². The van der Waals surface area contributed by atoms with Crippen molar-refractivity contribution < 1.29 is 4.79 Å². The Hall–Kier alpha value is -2.03. The van der Waals surface area contributed by atoms with Crippen molar-refractivity contribution in [2.75, 3.05) is 0 Å². The highest BCUT2D eigenvalue weighted by Gasteiger charge is 2.02. The van der Waals surface area contributed by atoms with Crippen molar-refractivity contribution in [2.24, 2.45) is 5.73 Å². The smallest absolute Gasteiger partial charge is 0.241 e. The zero-order valence-corrected chi connectivity index (χ0v) is 8.45. The van der Waals surface area contributed by atoms with E-state index in [0.29, 0.717) is 0 Å². The van der Waals surface area contributed by atoms with Gasteiger partial charge in [0.25, 0.3) is 0 Å². The summed E-state index contributed by atoms with van der Waals surface area (Å²) >= 11 is 0. The molecule has 2 aromatic rings. The van der Waals surface area contributed by atoms with Gasteiger partial charge in [-0.05, 0) is 24.6 Å². The van der Waals surface area contributed by atoms with Gasteiger partial charge in [0.2, 0.25) is 5.91 Å². The number of hydrogen-bond acceptors (Lipinski definition) is 1. The summed E-state index contributed by atoms with van der Waals surface area (Å²) in [7, 11) is 0. The molecule has 76 valence electrons. The highest BCUT2D eigenvalue weighted by atomic mass is 16.1. The Balaban J connectivity index is 2.57. The lowest BCUT2D eigenvalue weighted by atomic mass is 10.1. The number of aryl methyl sites for hydroxylation is 1. The van der Waals surface area contributed by atoms with E-state index in [0.717, 1.165) is 16.5 Å². The largest absolute Gasteiger partial charge is 0.366 e. The normalized spacial score (nSPS) is 11.3. The van der Waals surface area contributed by atoms with Crippen LogP contribution in [-0.2, 0) is 4.79 Å². The molecule has 0 spiro atoms. The average Bonchev–Trinajstić information content (AvgIpc) is 2.59. The molecule has 3 N–H and O–H groups in total.